The Morgan fingerprint density at radius 1 is 1.12 bits per heavy atom. The number of benzene rings is 2. The van der Waals surface area contributed by atoms with Crippen LogP contribution in [0, 0.1) is 0 Å². The molecule has 2 aliphatic rings. The van der Waals surface area contributed by atoms with Gasteiger partial charge in [-0.05, 0) is 24.3 Å². The molecule has 1 N–H and O–H groups in total. The lowest BCUT2D eigenvalue weighted by Gasteiger charge is -2.41. The molecule has 1 atom stereocenters. The van der Waals surface area contributed by atoms with Gasteiger partial charge in [0, 0.05) is 18.4 Å². The van der Waals surface area contributed by atoms with Crippen LogP contribution in [0.1, 0.15) is 12.8 Å². The molecule has 1 fully saturated rings. The van der Waals surface area contributed by atoms with Gasteiger partial charge in [-0.3, -0.25) is 14.3 Å². The van der Waals surface area contributed by atoms with E-state index >= 15 is 0 Å². The molecule has 6 heteroatoms. The number of aliphatic carboxylic acids is 1. The van der Waals surface area contributed by atoms with Crippen molar-refractivity contribution in [3.8, 4) is 11.4 Å². The number of fused-ring (bicyclic) bond motifs is 8. The van der Waals surface area contributed by atoms with Crippen molar-refractivity contribution in [2.24, 2.45) is 0 Å². The number of imidazole rings is 1. The van der Waals surface area contributed by atoms with Gasteiger partial charge in [-0.25, -0.2) is 9.78 Å². The van der Waals surface area contributed by atoms with Gasteiger partial charge in [0.1, 0.15) is 5.82 Å². The van der Waals surface area contributed by atoms with E-state index in [1.54, 1.807) is 10.6 Å². The third-order valence-electron chi connectivity index (χ3n) is 4.97. The highest BCUT2D eigenvalue weighted by atomic mass is 16.4. The minimum Gasteiger partial charge on any atom is -0.478 e. The van der Waals surface area contributed by atoms with Crippen LogP contribution < -0.4 is 4.90 Å². The average Bonchev–Trinajstić information content (AvgIpc) is 3.14. The molecule has 0 aliphatic carbocycles. The van der Waals surface area contributed by atoms with Crippen molar-refractivity contribution in [3.63, 3.8) is 0 Å². The minimum atomic E-state index is -1.45. The maximum atomic E-state index is 12.6. The number of hydrogen-bond donors (Lipinski definition) is 1. The van der Waals surface area contributed by atoms with Crippen LogP contribution in [0.5, 0.6) is 0 Å². The fraction of sp³-hybridized carbons (Fsp3) is 0.167. The molecule has 24 heavy (non-hydrogen) atoms. The van der Waals surface area contributed by atoms with Crippen LogP contribution in [0.15, 0.2) is 48.5 Å². The smallest absolute Gasteiger partial charge is 0.351 e. The quantitative estimate of drug-likeness (QED) is 0.748. The minimum absolute atomic E-state index is 0.173. The summed E-state index contributed by atoms with van der Waals surface area (Å²) in [5.41, 5.74) is 1.40. The highest BCUT2D eigenvalue weighted by Gasteiger charge is 2.58. The lowest BCUT2D eigenvalue weighted by atomic mass is 9.99. The third kappa shape index (κ3) is 1.34. The molecule has 0 saturated carbocycles. The van der Waals surface area contributed by atoms with Crippen LogP contribution in [-0.2, 0) is 15.3 Å². The molecule has 6 nitrogen and oxygen atoms in total. The molecule has 0 radical (unpaired) electrons. The van der Waals surface area contributed by atoms with Gasteiger partial charge in [0.05, 0.1) is 16.7 Å². The van der Waals surface area contributed by atoms with Crippen LogP contribution in [-0.4, -0.2) is 26.5 Å². The second-order valence-corrected chi connectivity index (χ2v) is 6.13. The number of carboxylic acid groups (broad SMARTS) is 1. The molecule has 1 saturated heterocycles. The number of carboxylic acids is 1. The summed E-state index contributed by atoms with van der Waals surface area (Å²) in [4.78, 5) is 31.1. The molecule has 5 rings (SSSR count). The summed E-state index contributed by atoms with van der Waals surface area (Å²) in [6.45, 7) is 0. The number of amides is 1. The average molecular weight is 319 g/mol. The Balaban J connectivity index is 2.00. The van der Waals surface area contributed by atoms with Crippen LogP contribution >= 0.6 is 0 Å². The zero-order chi connectivity index (χ0) is 16.5. The summed E-state index contributed by atoms with van der Waals surface area (Å²) in [7, 11) is 0. The largest absolute Gasteiger partial charge is 0.478 e. The molecule has 3 aromatic rings. The summed E-state index contributed by atoms with van der Waals surface area (Å²) in [6, 6.07) is 14.8. The molecule has 0 spiro atoms. The van der Waals surface area contributed by atoms with Crippen molar-refractivity contribution in [3.05, 3.63) is 48.5 Å². The van der Waals surface area contributed by atoms with Crippen LogP contribution in [0.3, 0.4) is 0 Å². The van der Waals surface area contributed by atoms with Crippen molar-refractivity contribution in [1.29, 1.82) is 0 Å². The first-order chi connectivity index (χ1) is 11.6. The van der Waals surface area contributed by atoms with Crippen LogP contribution in [0.25, 0.3) is 22.4 Å². The molecule has 1 aromatic heterocycles. The topological polar surface area (TPSA) is 75.4 Å². The van der Waals surface area contributed by atoms with E-state index in [1.165, 1.54) is 4.90 Å². The highest BCUT2D eigenvalue weighted by Crippen LogP contribution is 2.50. The van der Waals surface area contributed by atoms with Gasteiger partial charge in [0.15, 0.2) is 0 Å². The molecule has 118 valence electrons. The van der Waals surface area contributed by atoms with Gasteiger partial charge in [0.2, 0.25) is 11.6 Å². The number of para-hydroxylation sites is 3. The number of carbonyl (C=O) groups excluding carboxylic acids is 1. The number of anilines is 1. The number of carbonyl (C=O) groups is 2. The molecule has 2 aromatic carbocycles. The zero-order valence-corrected chi connectivity index (χ0v) is 12.6. The lowest BCUT2D eigenvalue weighted by molar-refractivity contribution is -0.147. The molecule has 1 amide bonds. The van der Waals surface area contributed by atoms with Crippen LogP contribution in [0.4, 0.5) is 5.69 Å². The van der Waals surface area contributed by atoms with Crippen molar-refractivity contribution in [2.75, 3.05) is 4.90 Å². The highest BCUT2D eigenvalue weighted by molar-refractivity contribution is 6.09. The van der Waals surface area contributed by atoms with Gasteiger partial charge in [-0.15, -0.1) is 0 Å². The normalized spacial score (nSPS) is 21.5. The fourth-order valence-electron chi connectivity index (χ4n) is 3.99. The Morgan fingerprint density at radius 3 is 2.71 bits per heavy atom. The first kappa shape index (κ1) is 13.3. The van der Waals surface area contributed by atoms with E-state index in [2.05, 4.69) is 4.98 Å². The number of hydrogen-bond acceptors (Lipinski definition) is 3. The van der Waals surface area contributed by atoms with E-state index in [9.17, 15) is 14.7 Å². The van der Waals surface area contributed by atoms with Gasteiger partial charge in [-0.2, -0.15) is 0 Å². The number of nitrogens with zero attached hydrogens (tertiary/aromatic N) is 3. The third-order valence-corrected chi connectivity index (χ3v) is 4.97. The second kappa shape index (κ2) is 4.23. The summed E-state index contributed by atoms with van der Waals surface area (Å²) in [5.74, 6) is -0.610. The number of rotatable bonds is 1. The van der Waals surface area contributed by atoms with Gasteiger partial charge in [0.25, 0.3) is 0 Å². The van der Waals surface area contributed by atoms with Crippen molar-refractivity contribution in [2.45, 2.75) is 18.5 Å². The van der Waals surface area contributed by atoms with E-state index in [0.717, 1.165) is 16.6 Å². The van der Waals surface area contributed by atoms with E-state index in [4.69, 9.17) is 0 Å². The first-order valence-electron chi connectivity index (χ1n) is 7.78. The number of aromatic nitrogens is 2. The van der Waals surface area contributed by atoms with E-state index < -0.39 is 11.6 Å². The fourth-order valence-corrected chi connectivity index (χ4v) is 3.99. The molecule has 0 bridgehead atoms. The first-order valence-corrected chi connectivity index (χ1v) is 7.78. The molecule has 3 heterocycles. The standard InChI is InChI=1S/C18H13N3O3/c22-15-9-10-18(17(23)24)20(15)13-7-3-1-5-11(13)16-19-12-6-2-4-8-14(12)21(16)18/h1-8H,9-10H2,(H,23,24)/t18-/m0/s1. The van der Waals surface area contributed by atoms with E-state index in [-0.39, 0.29) is 18.7 Å². The maximum Gasteiger partial charge on any atom is 0.351 e. The van der Waals surface area contributed by atoms with Crippen molar-refractivity contribution in [1.82, 2.24) is 9.55 Å². The zero-order valence-electron chi connectivity index (χ0n) is 12.6. The summed E-state index contributed by atoms with van der Waals surface area (Å²) in [5, 5.41) is 10.1. The Morgan fingerprint density at radius 2 is 1.88 bits per heavy atom. The summed E-state index contributed by atoms with van der Waals surface area (Å²) < 4.78 is 1.72. The van der Waals surface area contributed by atoms with E-state index in [1.807, 2.05) is 42.5 Å². The van der Waals surface area contributed by atoms with Crippen molar-refractivity contribution < 1.29 is 14.7 Å². The SMILES string of the molecule is O=C1CC[C@]2(C(=O)O)N1c1ccccc1-c1nc3ccccc3n12. The Bertz CT molecular complexity index is 1040. The molecule has 0 unspecified atom stereocenters. The van der Waals surface area contributed by atoms with Gasteiger partial charge in [-0.1, -0.05) is 24.3 Å². The summed E-state index contributed by atoms with van der Waals surface area (Å²) in [6.07, 6.45) is 0.426. The van der Waals surface area contributed by atoms with Gasteiger partial charge < -0.3 is 5.11 Å². The predicted octanol–water partition coefficient (Wildman–Crippen LogP) is 2.58. The molecular weight excluding hydrogens is 306 g/mol. The van der Waals surface area contributed by atoms with E-state index in [0.29, 0.717) is 11.5 Å². The van der Waals surface area contributed by atoms with Crippen molar-refractivity contribution >= 4 is 28.6 Å². The maximum absolute atomic E-state index is 12.6. The summed E-state index contributed by atoms with van der Waals surface area (Å²) >= 11 is 0. The second-order valence-electron chi connectivity index (χ2n) is 6.13. The molecular formula is C18H13N3O3. The molecule has 2 aliphatic heterocycles. The Hall–Kier alpha value is -3.15. The monoisotopic (exact) mass is 319 g/mol. The Labute approximate surface area is 136 Å². The predicted molar refractivity (Wildman–Crippen MR) is 87.5 cm³/mol. The lowest BCUT2D eigenvalue weighted by Crippen LogP contribution is -2.56. The van der Waals surface area contributed by atoms with Crippen LogP contribution in [0.2, 0.25) is 0 Å². The van der Waals surface area contributed by atoms with Gasteiger partial charge >= 0.3 is 5.97 Å². The Kier molecular flexibility index (Phi) is 2.34.